The van der Waals surface area contributed by atoms with E-state index in [4.69, 9.17) is 27.9 Å². The molecule has 240 valence electrons. The molecule has 0 aliphatic rings. The van der Waals surface area contributed by atoms with E-state index in [1.54, 1.807) is 85.8 Å². The molecule has 6 rings (SSSR count). The van der Waals surface area contributed by atoms with Gasteiger partial charge in [-0.2, -0.15) is 0 Å². The highest BCUT2D eigenvalue weighted by Crippen LogP contribution is 2.29. The van der Waals surface area contributed by atoms with Crippen LogP contribution in [0.3, 0.4) is 0 Å². The number of esters is 1. The molecule has 46 heavy (non-hydrogen) atoms. The second-order valence-corrected chi connectivity index (χ2v) is 14.1. The lowest BCUT2D eigenvalue weighted by atomic mass is 10.2. The zero-order valence-corrected chi connectivity index (χ0v) is 26.8. The maximum Gasteiger partial charge on any atom is 0.356 e. The number of aliphatic hydroxyl groups excluding tert-OH is 1. The number of ether oxygens (including phenoxy) is 1. The fourth-order valence-electron chi connectivity index (χ4n) is 4.78. The highest BCUT2D eigenvalue weighted by molar-refractivity contribution is 7.90. The van der Waals surface area contributed by atoms with Crippen LogP contribution in [0.25, 0.3) is 21.8 Å². The van der Waals surface area contributed by atoms with E-state index in [0.29, 0.717) is 37.5 Å². The van der Waals surface area contributed by atoms with Gasteiger partial charge < -0.3 is 9.84 Å². The Morgan fingerprint density at radius 3 is 1.63 bits per heavy atom. The molecule has 0 fully saturated rings. The molecule has 2 aromatic heterocycles. The van der Waals surface area contributed by atoms with Crippen LogP contribution in [0.4, 0.5) is 0 Å². The van der Waals surface area contributed by atoms with Crippen molar-refractivity contribution in [2.24, 2.45) is 0 Å². The summed E-state index contributed by atoms with van der Waals surface area (Å²) < 4.78 is 58.8. The summed E-state index contributed by atoms with van der Waals surface area (Å²) in [7, 11) is -7.72. The van der Waals surface area contributed by atoms with Crippen LogP contribution >= 0.6 is 23.2 Å². The van der Waals surface area contributed by atoms with Gasteiger partial charge >= 0.3 is 5.97 Å². The number of hydrogen-bond acceptors (Lipinski definition) is 7. The first-order valence-electron chi connectivity index (χ1n) is 13.5. The number of aliphatic hydroxyl groups is 1. The van der Waals surface area contributed by atoms with Crippen molar-refractivity contribution in [2.75, 3.05) is 6.61 Å². The molecule has 9 nitrogen and oxygen atoms in total. The summed E-state index contributed by atoms with van der Waals surface area (Å²) in [5.74, 6) is -0.704. The quantitative estimate of drug-likeness (QED) is 0.172. The fraction of sp³-hybridized carbons (Fsp3) is 0.121. The number of hydrogen-bond donors (Lipinski definition) is 1. The maximum atomic E-state index is 13.0. The third kappa shape index (κ3) is 6.69. The van der Waals surface area contributed by atoms with Gasteiger partial charge in [0.15, 0.2) is 0 Å². The van der Waals surface area contributed by atoms with Crippen LogP contribution in [0.2, 0.25) is 10.0 Å². The number of aromatic nitrogens is 2. The molecule has 0 amide bonds. The molecule has 0 bridgehead atoms. The average molecular weight is 702 g/mol. The average Bonchev–Trinajstić information content (AvgIpc) is 3.61. The van der Waals surface area contributed by atoms with E-state index < -0.39 is 26.0 Å². The van der Waals surface area contributed by atoms with Gasteiger partial charge in [0.2, 0.25) is 0 Å². The summed E-state index contributed by atoms with van der Waals surface area (Å²) in [6, 6.07) is 28.8. The van der Waals surface area contributed by atoms with Crippen molar-refractivity contribution in [3.05, 3.63) is 131 Å². The number of carbonyl (C=O) groups is 1. The number of carbonyl (C=O) groups excluding carboxylic acids is 1. The van der Waals surface area contributed by atoms with Crippen molar-refractivity contribution in [3.8, 4) is 0 Å². The first-order chi connectivity index (χ1) is 21.5. The Kier molecular flexibility index (Phi) is 10.7. The van der Waals surface area contributed by atoms with E-state index in [1.165, 1.54) is 30.3 Å². The minimum Gasteiger partial charge on any atom is -0.461 e. The largest absolute Gasteiger partial charge is 0.461 e. The predicted octanol–water partition coefficient (Wildman–Crippen LogP) is 7.37. The highest BCUT2D eigenvalue weighted by Gasteiger charge is 2.27. The van der Waals surface area contributed by atoms with Crippen molar-refractivity contribution in [1.29, 1.82) is 0 Å². The summed E-state index contributed by atoms with van der Waals surface area (Å²) in [4.78, 5) is 12.5. The van der Waals surface area contributed by atoms with Crippen molar-refractivity contribution in [3.63, 3.8) is 0 Å². The number of halogens is 2. The van der Waals surface area contributed by atoms with Gasteiger partial charge in [0.25, 0.3) is 20.0 Å². The Labute approximate surface area is 277 Å². The molecule has 13 heteroatoms. The van der Waals surface area contributed by atoms with Crippen molar-refractivity contribution in [2.45, 2.75) is 30.7 Å². The van der Waals surface area contributed by atoms with Gasteiger partial charge in [-0.25, -0.2) is 29.6 Å². The molecular formula is C33H30Cl2N2O7S2. The van der Waals surface area contributed by atoms with Crippen molar-refractivity contribution < 1.29 is 31.5 Å². The molecule has 0 atom stereocenters. The summed E-state index contributed by atoms with van der Waals surface area (Å²) >= 11 is 11.9. The topological polar surface area (TPSA) is 125 Å². The monoisotopic (exact) mass is 700 g/mol. The van der Waals surface area contributed by atoms with Crippen molar-refractivity contribution in [1.82, 2.24) is 7.94 Å². The summed E-state index contributed by atoms with van der Waals surface area (Å²) in [5.41, 5.74) is 1.10. The molecule has 0 saturated carbocycles. The van der Waals surface area contributed by atoms with Gasteiger partial charge in [-0.3, -0.25) is 0 Å². The number of benzene rings is 4. The van der Waals surface area contributed by atoms with E-state index in [2.05, 4.69) is 0 Å². The Balaban J connectivity index is 0.000000206. The fourth-order valence-corrected chi connectivity index (χ4v) is 8.22. The van der Waals surface area contributed by atoms with E-state index in [1.807, 2.05) is 0 Å². The molecule has 1 N–H and O–H groups in total. The molecular weight excluding hydrogens is 671 g/mol. The third-order valence-corrected chi connectivity index (χ3v) is 10.7. The lowest BCUT2D eigenvalue weighted by Gasteiger charge is -2.11. The highest BCUT2D eigenvalue weighted by atomic mass is 35.5. The lowest BCUT2D eigenvalue weighted by molar-refractivity contribution is 0.0518. The molecule has 0 aliphatic heterocycles. The SMILES string of the molecule is C.CCOC(=O)c1cc2cc(Cl)ccc2n1S(=O)(=O)c1ccccc1.O=S(=O)(c1ccccc1)n1c(CO)cc2cc(Cl)ccc21. The van der Waals surface area contributed by atoms with E-state index in [9.17, 15) is 26.7 Å². The van der Waals surface area contributed by atoms with Gasteiger partial charge in [-0.15, -0.1) is 0 Å². The van der Waals surface area contributed by atoms with Crippen LogP contribution in [0.15, 0.2) is 119 Å². The van der Waals surface area contributed by atoms with Crippen LogP contribution in [0.5, 0.6) is 0 Å². The van der Waals surface area contributed by atoms with Gasteiger partial charge in [0.05, 0.1) is 39.7 Å². The first-order valence-corrected chi connectivity index (χ1v) is 17.1. The minimum atomic E-state index is -3.96. The third-order valence-electron chi connectivity index (χ3n) is 6.72. The summed E-state index contributed by atoms with van der Waals surface area (Å²) in [5, 5.41) is 11.7. The van der Waals surface area contributed by atoms with Crippen LogP contribution in [-0.4, -0.2) is 42.5 Å². The molecule has 0 unspecified atom stereocenters. The minimum absolute atomic E-state index is 0. The zero-order chi connectivity index (χ0) is 32.4. The van der Waals surface area contributed by atoms with E-state index in [-0.39, 0.29) is 36.1 Å². The Bertz CT molecular complexity index is 2230. The normalized spacial score (nSPS) is 11.5. The maximum absolute atomic E-state index is 13.0. The standard InChI is InChI=1S/C17H14ClNO4S.C15H12ClNO3S.CH4/c1-2-23-17(20)16-11-12-10-13(18)8-9-15(12)19(16)24(21,22)14-6-4-3-5-7-14;16-12-6-7-15-11(8-12)9-13(10-18)17(15)21(19,20)14-4-2-1-3-5-14;/h3-11H,2H2,1H3;1-9,18H,10H2;1H4. The second kappa shape index (κ2) is 14.1. The molecule has 0 radical (unpaired) electrons. The van der Waals surface area contributed by atoms with Gasteiger partial charge in [0.1, 0.15) is 5.69 Å². The molecule has 4 aromatic carbocycles. The summed E-state index contributed by atoms with van der Waals surface area (Å²) in [6.45, 7) is 1.43. The number of nitrogens with zero attached hydrogens (tertiary/aromatic N) is 2. The molecule has 0 saturated heterocycles. The van der Waals surface area contributed by atoms with Gasteiger partial charge in [-0.05, 0) is 79.7 Å². The lowest BCUT2D eigenvalue weighted by Crippen LogP contribution is -2.19. The number of rotatable bonds is 7. The van der Waals surface area contributed by atoms with Crippen LogP contribution in [0.1, 0.15) is 30.5 Å². The van der Waals surface area contributed by atoms with E-state index in [0.717, 1.165) is 7.94 Å². The Hall–Kier alpha value is -4.13. The molecule has 2 heterocycles. The second-order valence-electron chi connectivity index (χ2n) is 9.62. The smallest absolute Gasteiger partial charge is 0.356 e. The molecule has 0 spiro atoms. The van der Waals surface area contributed by atoms with Crippen LogP contribution in [-0.2, 0) is 31.4 Å². The van der Waals surface area contributed by atoms with Gasteiger partial charge in [0, 0.05) is 20.8 Å². The Morgan fingerprint density at radius 2 is 1.15 bits per heavy atom. The van der Waals surface area contributed by atoms with Crippen molar-refractivity contribution >= 4 is 71.0 Å². The van der Waals surface area contributed by atoms with Crippen LogP contribution < -0.4 is 0 Å². The van der Waals surface area contributed by atoms with Gasteiger partial charge in [-0.1, -0.05) is 67.0 Å². The number of fused-ring (bicyclic) bond motifs is 2. The summed E-state index contributed by atoms with van der Waals surface area (Å²) in [6.07, 6.45) is 0. The molecule has 0 aliphatic carbocycles. The van der Waals surface area contributed by atoms with E-state index >= 15 is 0 Å². The molecule has 6 aromatic rings. The predicted molar refractivity (Wildman–Crippen MR) is 181 cm³/mol. The van der Waals surface area contributed by atoms with Crippen LogP contribution in [0, 0.1) is 0 Å². The first kappa shape index (κ1) is 34.7. The zero-order valence-electron chi connectivity index (χ0n) is 23.7. The Morgan fingerprint density at radius 1 is 0.696 bits per heavy atom.